The van der Waals surface area contributed by atoms with Gasteiger partial charge in [-0.15, -0.1) is 11.3 Å². The molecule has 0 fully saturated rings. The molecule has 2 aromatic heterocycles. The maximum Gasteiger partial charge on any atom is 0.348 e. The molecule has 4 rings (SSSR count). The summed E-state index contributed by atoms with van der Waals surface area (Å²) in [4.78, 5) is 29.7. The second-order valence-corrected chi connectivity index (χ2v) is 10.0. The molecule has 38 heavy (non-hydrogen) atoms. The molecule has 1 amide bonds. The van der Waals surface area contributed by atoms with Crippen LogP contribution in [0.25, 0.3) is 10.9 Å². The Morgan fingerprint density at radius 2 is 1.92 bits per heavy atom. The number of esters is 1. The SMILES string of the molecule is CCOC(=O)c1ccc(C#Cc2ccc(OC(C)C)c(C(=O)N[C@@H](CO)Cc3c[nH]c4ccccc34)c2)s1. The fourth-order valence-corrected chi connectivity index (χ4v) is 4.74. The average Bonchev–Trinajstić information content (AvgIpc) is 3.55. The van der Waals surface area contributed by atoms with E-state index in [4.69, 9.17) is 9.47 Å². The van der Waals surface area contributed by atoms with Crippen LogP contribution in [0.15, 0.2) is 60.8 Å². The van der Waals surface area contributed by atoms with Gasteiger partial charge in [-0.25, -0.2) is 4.79 Å². The molecule has 0 bridgehead atoms. The number of hydrogen-bond donors (Lipinski definition) is 3. The van der Waals surface area contributed by atoms with Crippen molar-refractivity contribution in [2.75, 3.05) is 13.2 Å². The summed E-state index contributed by atoms with van der Waals surface area (Å²) in [6.07, 6.45) is 2.24. The summed E-state index contributed by atoms with van der Waals surface area (Å²) < 4.78 is 10.9. The van der Waals surface area contributed by atoms with Crippen molar-refractivity contribution >= 4 is 34.1 Å². The van der Waals surface area contributed by atoms with E-state index in [1.807, 2.05) is 44.3 Å². The number of benzene rings is 2. The highest BCUT2D eigenvalue weighted by Gasteiger charge is 2.20. The first-order chi connectivity index (χ1) is 18.4. The number of aliphatic hydroxyl groups excluding tert-OH is 1. The van der Waals surface area contributed by atoms with E-state index >= 15 is 0 Å². The number of aromatic amines is 1. The van der Waals surface area contributed by atoms with Crippen molar-refractivity contribution in [1.29, 1.82) is 0 Å². The van der Waals surface area contributed by atoms with E-state index in [1.165, 1.54) is 11.3 Å². The van der Waals surface area contributed by atoms with Crippen LogP contribution in [0.3, 0.4) is 0 Å². The molecule has 0 spiro atoms. The highest BCUT2D eigenvalue weighted by atomic mass is 32.1. The third-order valence-corrected chi connectivity index (χ3v) is 6.68. The van der Waals surface area contributed by atoms with Crippen LogP contribution in [0.4, 0.5) is 0 Å². The Labute approximate surface area is 225 Å². The molecule has 7 nitrogen and oxygen atoms in total. The van der Waals surface area contributed by atoms with Crippen LogP contribution < -0.4 is 10.1 Å². The standard InChI is InChI=1S/C30H30N2O5S/c1-4-36-30(35)28-14-12-23(38-28)11-9-20-10-13-27(37-19(2)3)25(15-20)29(34)32-22(18-33)16-21-17-31-26-8-6-5-7-24(21)26/h5-8,10,12-15,17,19,22,31,33H,4,16,18H2,1-3H3,(H,32,34)/t22-/m1/s1. The molecule has 8 heteroatoms. The van der Waals surface area contributed by atoms with Gasteiger partial charge in [0.05, 0.1) is 35.8 Å². The number of fused-ring (bicyclic) bond motifs is 1. The lowest BCUT2D eigenvalue weighted by atomic mass is 10.0. The molecule has 0 aliphatic rings. The first-order valence-corrected chi connectivity index (χ1v) is 13.3. The number of carbonyl (C=O) groups is 2. The van der Waals surface area contributed by atoms with Gasteiger partial charge in [0.1, 0.15) is 10.6 Å². The third-order valence-electron chi connectivity index (χ3n) is 5.70. The van der Waals surface area contributed by atoms with Gasteiger partial charge in [-0.2, -0.15) is 0 Å². The minimum Gasteiger partial charge on any atom is -0.490 e. The molecule has 3 N–H and O–H groups in total. The Morgan fingerprint density at radius 3 is 2.68 bits per heavy atom. The minimum absolute atomic E-state index is 0.134. The monoisotopic (exact) mass is 530 g/mol. The van der Waals surface area contributed by atoms with E-state index < -0.39 is 6.04 Å². The Morgan fingerprint density at radius 1 is 1.11 bits per heavy atom. The molecular formula is C30H30N2O5S. The molecule has 2 aromatic carbocycles. The van der Waals surface area contributed by atoms with Crippen molar-refractivity contribution in [2.24, 2.45) is 0 Å². The molecule has 4 aromatic rings. The largest absolute Gasteiger partial charge is 0.490 e. The molecule has 196 valence electrons. The summed E-state index contributed by atoms with van der Waals surface area (Å²) in [7, 11) is 0. The first kappa shape index (κ1) is 27.0. The summed E-state index contributed by atoms with van der Waals surface area (Å²) in [5.74, 6) is 5.82. The molecule has 2 heterocycles. The molecule has 0 aliphatic heterocycles. The normalized spacial score (nSPS) is 11.6. The second kappa shape index (κ2) is 12.5. The predicted molar refractivity (Wildman–Crippen MR) is 149 cm³/mol. The van der Waals surface area contributed by atoms with Gasteiger partial charge in [0, 0.05) is 22.7 Å². The fourth-order valence-electron chi connectivity index (χ4n) is 3.98. The molecule has 1 atom stereocenters. The van der Waals surface area contributed by atoms with E-state index in [1.54, 1.807) is 37.3 Å². The quantitative estimate of drug-likeness (QED) is 0.211. The second-order valence-electron chi connectivity index (χ2n) is 8.93. The van der Waals surface area contributed by atoms with Crippen molar-refractivity contribution in [3.63, 3.8) is 0 Å². The van der Waals surface area contributed by atoms with E-state index in [9.17, 15) is 14.7 Å². The summed E-state index contributed by atoms with van der Waals surface area (Å²) in [5.41, 5.74) is 2.97. The Bertz CT molecular complexity index is 1490. The van der Waals surface area contributed by atoms with E-state index in [2.05, 4.69) is 22.1 Å². The summed E-state index contributed by atoms with van der Waals surface area (Å²) in [6, 6.07) is 16.1. The minimum atomic E-state index is -0.490. The number of thiophene rings is 1. The zero-order valence-corrected chi connectivity index (χ0v) is 22.4. The third kappa shape index (κ3) is 6.62. The predicted octanol–water partition coefficient (Wildman–Crippen LogP) is 4.93. The van der Waals surface area contributed by atoms with Crippen LogP contribution in [0.5, 0.6) is 5.75 Å². The lowest BCUT2D eigenvalue weighted by Gasteiger charge is -2.19. The smallest absolute Gasteiger partial charge is 0.348 e. The van der Waals surface area contributed by atoms with E-state index in [0.29, 0.717) is 39.7 Å². The Balaban J connectivity index is 1.55. The highest BCUT2D eigenvalue weighted by molar-refractivity contribution is 7.14. The van der Waals surface area contributed by atoms with Gasteiger partial charge in [0.25, 0.3) is 5.91 Å². The molecule has 0 aliphatic carbocycles. The first-order valence-electron chi connectivity index (χ1n) is 12.4. The van der Waals surface area contributed by atoms with Crippen LogP contribution in [0, 0.1) is 11.8 Å². The van der Waals surface area contributed by atoms with Crippen molar-refractivity contribution in [1.82, 2.24) is 10.3 Å². The molecule has 0 saturated carbocycles. The van der Waals surface area contributed by atoms with Gasteiger partial charge in [0.2, 0.25) is 0 Å². The van der Waals surface area contributed by atoms with Crippen LogP contribution in [0.1, 0.15) is 56.8 Å². The van der Waals surface area contributed by atoms with Crippen molar-refractivity contribution in [3.05, 3.63) is 87.2 Å². The molecule has 0 radical (unpaired) electrons. The van der Waals surface area contributed by atoms with E-state index in [0.717, 1.165) is 16.5 Å². The Hall–Kier alpha value is -4.06. The Kier molecular flexibility index (Phi) is 8.85. The molecule has 0 saturated heterocycles. The van der Waals surface area contributed by atoms with Crippen LogP contribution in [-0.4, -0.2) is 47.3 Å². The number of para-hydroxylation sites is 1. The zero-order chi connectivity index (χ0) is 27.1. The number of carbonyl (C=O) groups excluding carboxylic acids is 2. The summed E-state index contributed by atoms with van der Waals surface area (Å²) in [6.45, 7) is 5.64. The van der Waals surface area contributed by atoms with Crippen molar-refractivity contribution < 1.29 is 24.2 Å². The number of rotatable bonds is 9. The maximum absolute atomic E-state index is 13.4. The van der Waals surface area contributed by atoms with Crippen LogP contribution >= 0.6 is 11.3 Å². The zero-order valence-electron chi connectivity index (χ0n) is 21.5. The lowest BCUT2D eigenvalue weighted by Crippen LogP contribution is -2.39. The van der Waals surface area contributed by atoms with Crippen LogP contribution in [0.2, 0.25) is 0 Å². The maximum atomic E-state index is 13.4. The summed E-state index contributed by atoms with van der Waals surface area (Å²) >= 11 is 1.25. The van der Waals surface area contributed by atoms with E-state index in [-0.39, 0.29) is 24.6 Å². The van der Waals surface area contributed by atoms with Gasteiger partial charge in [-0.05, 0) is 69.2 Å². The number of amides is 1. The van der Waals surface area contributed by atoms with Crippen molar-refractivity contribution in [2.45, 2.75) is 39.3 Å². The lowest BCUT2D eigenvalue weighted by molar-refractivity contribution is 0.0532. The van der Waals surface area contributed by atoms with Gasteiger partial charge in [0.15, 0.2) is 0 Å². The van der Waals surface area contributed by atoms with Gasteiger partial charge in [-0.3, -0.25) is 4.79 Å². The number of hydrogen-bond acceptors (Lipinski definition) is 6. The number of aromatic nitrogens is 1. The van der Waals surface area contributed by atoms with Gasteiger partial charge < -0.3 is 24.9 Å². The number of H-pyrrole nitrogens is 1. The average molecular weight is 531 g/mol. The topological polar surface area (TPSA) is 101 Å². The highest BCUT2D eigenvalue weighted by Crippen LogP contribution is 2.23. The van der Waals surface area contributed by atoms with Gasteiger partial charge in [-0.1, -0.05) is 30.0 Å². The summed E-state index contributed by atoms with van der Waals surface area (Å²) in [5, 5.41) is 14.0. The molecular weight excluding hydrogens is 500 g/mol. The van der Waals surface area contributed by atoms with Crippen LogP contribution in [-0.2, 0) is 11.2 Å². The van der Waals surface area contributed by atoms with Crippen molar-refractivity contribution in [3.8, 4) is 17.6 Å². The number of aliphatic hydroxyl groups is 1. The fraction of sp³-hybridized carbons (Fsp3) is 0.267. The van der Waals surface area contributed by atoms with Gasteiger partial charge >= 0.3 is 5.97 Å². The number of ether oxygens (including phenoxy) is 2. The molecule has 0 unspecified atom stereocenters. The number of nitrogens with one attached hydrogen (secondary N) is 2.